The van der Waals surface area contributed by atoms with Gasteiger partial charge in [-0.3, -0.25) is 14.6 Å². The fourth-order valence-electron chi connectivity index (χ4n) is 1.51. The van der Waals surface area contributed by atoms with Gasteiger partial charge in [-0.25, -0.2) is 0 Å². The first kappa shape index (κ1) is 10.3. The lowest BCUT2D eigenvalue weighted by Crippen LogP contribution is -2.26. The van der Waals surface area contributed by atoms with Gasteiger partial charge >= 0.3 is 0 Å². The van der Waals surface area contributed by atoms with Gasteiger partial charge in [0.1, 0.15) is 5.69 Å². The van der Waals surface area contributed by atoms with E-state index in [0.29, 0.717) is 11.3 Å². The fraction of sp³-hybridized carbons (Fsp3) is 0.0833. The van der Waals surface area contributed by atoms with E-state index in [2.05, 4.69) is 16.9 Å². The topological polar surface area (TPSA) is 59.1 Å². The lowest BCUT2D eigenvalue weighted by atomic mass is 9.97. The van der Waals surface area contributed by atoms with Gasteiger partial charge < -0.3 is 5.32 Å². The van der Waals surface area contributed by atoms with Crippen molar-refractivity contribution in [2.75, 3.05) is 0 Å². The molecule has 4 nitrogen and oxygen atoms in total. The summed E-state index contributed by atoms with van der Waals surface area (Å²) in [4.78, 5) is 27.5. The Kier molecular flexibility index (Phi) is 2.40. The molecule has 4 heteroatoms. The van der Waals surface area contributed by atoms with Crippen molar-refractivity contribution in [3.63, 3.8) is 0 Å². The lowest BCUT2D eigenvalue weighted by Gasteiger charge is -2.15. The summed E-state index contributed by atoms with van der Waals surface area (Å²) in [5.74, 6) is -0.496. The van der Waals surface area contributed by atoms with Crippen LogP contribution in [0, 0.1) is 0 Å². The van der Waals surface area contributed by atoms with E-state index >= 15 is 0 Å². The van der Waals surface area contributed by atoms with Crippen LogP contribution in [0.4, 0.5) is 0 Å². The zero-order valence-electron chi connectivity index (χ0n) is 8.78. The molecule has 0 saturated carbocycles. The van der Waals surface area contributed by atoms with E-state index in [1.54, 1.807) is 19.1 Å². The summed E-state index contributed by atoms with van der Waals surface area (Å²) in [7, 11) is 0. The predicted molar refractivity (Wildman–Crippen MR) is 58.9 cm³/mol. The van der Waals surface area contributed by atoms with Gasteiger partial charge in [0.2, 0.25) is 5.78 Å². The molecule has 0 radical (unpaired) electrons. The van der Waals surface area contributed by atoms with Crippen molar-refractivity contribution in [2.24, 2.45) is 0 Å². The molecule has 0 unspecified atom stereocenters. The van der Waals surface area contributed by atoms with Crippen molar-refractivity contribution in [2.45, 2.75) is 6.92 Å². The van der Waals surface area contributed by atoms with Crippen LogP contribution in [-0.2, 0) is 0 Å². The van der Waals surface area contributed by atoms with Crippen LogP contribution in [0.3, 0.4) is 0 Å². The minimum atomic E-state index is -0.279. The Morgan fingerprint density at radius 3 is 2.88 bits per heavy atom. The molecule has 0 aliphatic heterocycles. The molecule has 1 aliphatic carbocycles. The van der Waals surface area contributed by atoms with Gasteiger partial charge in [-0.2, -0.15) is 0 Å². The molecule has 2 rings (SSSR count). The van der Waals surface area contributed by atoms with Crippen molar-refractivity contribution >= 4 is 11.6 Å². The summed E-state index contributed by atoms with van der Waals surface area (Å²) < 4.78 is 0. The third kappa shape index (κ3) is 1.65. The summed E-state index contributed by atoms with van der Waals surface area (Å²) >= 11 is 0. The van der Waals surface area contributed by atoms with E-state index < -0.39 is 0 Å². The number of rotatable bonds is 2. The lowest BCUT2D eigenvalue weighted by molar-refractivity contribution is 0.0975. The Labute approximate surface area is 92.7 Å². The number of fused-ring (bicyclic) bond motifs is 1. The number of nitrogens with zero attached hydrogens (tertiary/aromatic N) is 1. The summed E-state index contributed by atoms with van der Waals surface area (Å²) in [5.41, 5.74) is 1.37. The maximum Gasteiger partial charge on any atom is 0.228 e. The maximum absolute atomic E-state index is 11.9. The Morgan fingerprint density at radius 2 is 2.19 bits per heavy atom. The highest BCUT2D eigenvalue weighted by atomic mass is 16.1. The van der Waals surface area contributed by atoms with Crippen molar-refractivity contribution in [3.05, 3.63) is 53.6 Å². The highest BCUT2D eigenvalue weighted by Gasteiger charge is 2.26. The van der Waals surface area contributed by atoms with Crippen molar-refractivity contribution in [3.8, 4) is 0 Å². The number of aromatic nitrogens is 1. The van der Waals surface area contributed by atoms with Crippen molar-refractivity contribution in [1.82, 2.24) is 10.3 Å². The molecular formula is C12H10N2O2. The van der Waals surface area contributed by atoms with E-state index in [1.807, 2.05) is 0 Å². The molecule has 0 spiro atoms. The van der Waals surface area contributed by atoms with Crippen LogP contribution in [0.25, 0.3) is 0 Å². The number of ketones is 2. The number of hydrogen-bond donors (Lipinski definition) is 1. The monoisotopic (exact) mass is 214 g/mol. The molecule has 0 saturated heterocycles. The Balaban J connectivity index is 2.47. The third-order valence-electron chi connectivity index (χ3n) is 2.16. The first-order chi connectivity index (χ1) is 7.59. The van der Waals surface area contributed by atoms with E-state index in [0.717, 1.165) is 0 Å². The highest BCUT2D eigenvalue weighted by Crippen LogP contribution is 2.17. The first-order valence-electron chi connectivity index (χ1n) is 4.78. The second-order valence-electron chi connectivity index (χ2n) is 3.56. The molecule has 1 heterocycles. The van der Waals surface area contributed by atoms with Crippen LogP contribution in [0.1, 0.15) is 27.8 Å². The van der Waals surface area contributed by atoms with E-state index in [9.17, 15) is 9.59 Å². The quantitative estimate of drug-likeness (QED) is 0.809. The summed E-state index contributed by atoms with van der Waals surface area (Å²) in [6.07, 6.45) is 2.77. The SMILES string of the molecule is C=C(C)NC1=CC(=O)c2cccnc2C1=O. The zero-order chi connectivity index (χ0) is 11.7. The minimum absolute atomic E-state index is 0.193. The van der Waals surface area contributed by atoms with Crippen LogP contribution in [0.5, 0.6) is 0 Å². The normalized spacial score (nSPS) is 14.2. The average Bonchev–Trinajstić information content (AvgIpc) is 2.25. The van der Waals surface area contributed by atoms with Gasteiger partial charge in [-0.15, -0.1) is 0 Å². The number of allylic oxidation sites excluding steroid dienone is 3. The van der Waals surface area contributed by atoms with Gasteiger partial charge in [0.25, 0.3) is 0 Å². The number of nitrogens with one attached hydrogen (secondary N) is 1. The second-order valence-corrected chi connectivity index (χ2v) is 3.56. The van der Waals surface area contributed by atoms with Gasteiger partial charge in [0.15, 0.2) is 5.78 Å². The number of carbonyl (C=O) groups is 2. The van der Waals surface area contributed by atoms with Crippen molar-refractivity contribution in [1.29, 1.82) is 0 Å². The van der Waals surface area contributed by atoms with Crippen molar-refractivity contribution < 1.29 is 9.59 Å². The van der Waals surface area contributed by atoms with Gasteiger partial charge in [0.05, 0.1) is 11.3 Å². The van der Waals surface area contributed by atoms with E-state index in [-0.39, 0.29) is 23.0 Å². The summed E-state index contributed by atoms with van der Waals surface area (Å²) in [6.45, 7) is 5.34. The van der Waals surface area contributed by atoms with Crippen LogP contribution in [-0.4, -0.2) is 16.6 Å². The van der Waals surface area contributed by atoms with Crippen LogP contribution in [0.2, 0.25) is 0 Å². The molecule has 0 bridgehead atoms. The molecular weight excluding hydrogens is 204 g/mol. The molecule has 1 aromatic rings. The van der Waals surface area contributed by atoms with Crippen LogP contribution >= 0.6 is 0 Å². The molecule has 0 fully saturated rings. The molecule has 80 valence electrons. The second kappa shape index (κ2) is 3.73. The molecule has 0 atom stereocenters. The van der Waals surface area contributed by atoms with Gasteiger partial charge in [0, 0.05) is 18.0 Å². The Bertz CT molecular complexity index is 530. The number of hydrogen-bond acceptors (Lipinski definition) is 4. The Morgan fingerprint density at radius 1 is 1.44 bits per heavy atom. The number of Topliss-reactive ketones (excluding diaryl/α,β-unsaturated/α-hetero) is 1. The standard InChI is InChI=1S/C12H10N2O2/c1-7(2)14-9-6-10(15)8-4-3-5-13-11(8)12(9)16/h3-6,14H,1H2,2H3. The fourth-order valence-corrected chi connectivity index (χ4v) is 1.51. The molecule has 1 aliphatic rings. The predicted octanol–water partition coefficient (Wildman–Crippen LogP) is 1.47. The van der Waals surface area contributed by atoms with Gasteiger partial charge in [-0.05, 0) is 19.1 Å². The zero-order valence-corrected chi connectivity index (χ0v) is 8.78. The van der Waals surface area contributed by atoms with Gasteiger partial charge in [-0.1, -0.05) is 6.58 Å². The largest absolute Gasteiger partial charge is 0.356 e. The first-order valence-corrected chi connectivity index (χ1v) is 4.78. The number of pyridine rings is 1. The average molecular weight is 214 g/mol. The molecule has 16 heavy (non-hydrogen) atoms. The smallest absolute Gasteiger partial charge is 0.228 e. The molecule has 0 amide bonds. The van der Waals surface area contributed by atoms with Crippen LogP contribution < -0.4 is 5.32 Å². The summed E-state index contributed by atoms with van der Waals surface area (Å²) in [5, 5.41) is 2.76. The number of carbonyl (C=O) groups excluding carboxylic acids is 2. The minimum Gasteiger partial charge on any atom is -0.356 e. The van der Waals surface area contributed by atoms with Crippen LogP contribution in [0.15, 0.2) is 42.4 Å². The molecule has 0 aromatic carbocycles. The summed E-state index contributed by atoms with van der Waals surface area (Å²) in [6, 6.07) is 3.23. The molecule has 1 N–H and O–H groups in total. The van der Waals surface area contributed by atoms with E-state index in [4.69, 9.17) is 0 Å². The molecule has 1 aromatic heterocycles. The maximum atomic E-state index is 11.9. The third-order valence-corrected chi connectivity index (χ3v) is 2.16. The highest BCUT2D eigenvalue weighted by molar-refractivity contribution is 6.23. The van der Waals surface area contributed by atoms with E-state index in [1.165, 1.54) is 12.3 Å². The Hall–Kier alpha value is -2.23.